The van der Waals surface area contributed by atoms with Crippen molar-refractivity contribution in [2.75, 3.05) is 11.4 Å². The monoisotopic (exact) mass is 357 g/mol. The average Bonchev–Trinajstić information content (AvgIpc) is 2.88. The summed E-state index contributed by atoms with van der Waals surface area (Å²) in [5.41, 5.74) is 0.409. The molecule has 0 bridgehead atoms. The summed E-state index contributed by atoms with van der Waals surface area (Å²) < 4.78 is 39.0. The molecule has 1 amide bonds. The summed E-state index contributed by atoms with van der Waals surface area (Å²) in [6, 6.07) is 12.1. The van der Waals surface area contributed by atoms with Crippen molar-refractivity contribution in [1.29, 1.82) is 0 Å². The van der Waals surface area contributed by atoms with Crippen LogP contribution in [0, 0.1) is 0 Å². The molecule has 0 atom stereocenters. The number of rotatable bonds is 4. The van der Waals surface area contributed by atoms with Crippen LogP contribution < -0.4 is 4.90 Å². The number of nitrogens with zero attached hydrogens (tertiary/aromatic N) is 3. The molecule has 2 aromatic rings. The number of carbonyl (C=O) groups excluding carboxylic acids is 1. The van der Waals surface area contributed by atoms with Crippen molar-refractivity contribution < 1.29 is 18.0 Å². The first kappa shape index (κ1) is 17.6. The first-order valence-electron chi connectivity index (χ1n) is 7.73. The largest absolute Gasteiger partial charge is 0.417 e. The van der Waals surface area contributed by atoms with Gasteiger partial charge in [0.2, 0.25) is 0 Å². The zero-order valence-corrected chi connectivity index (χ0v) is 13.6. The molecular weight excluding hydrogens is 343 g/mol. The van der Waals surface area contributed by atoms with Crippen molar-refractivity contribution in [2.45, 2.75) is 6.18 Å². The van der Waals surface area contributed by atoms with Crippen molar-refractivity contribution >= 4 is 23.5 Å². The quantitative estimate of drug-likeness (QED) is 0.462. The third kappa shape index (κ3) is 3.28. The highest BCUT2D eigenvalue weighted by Gasteiger charge is 2.34. The molecule has 0 radical (unpaired) electrons. The van der Waals surface area contributed by atoms with E-state index >= 15 is 0 Å². The molecule has 0 fully saturated rings. The van der Waals surface area contributed by atoms with Crippen LogP contribution in [0.3, 0.4) is 0 Å². The number of hydrogen-bond donors (Lipinski definition) is 0. The van der Waals surface area contributed by atoms with Crippen molar-refractivity contribution in [3.8, 4) is 0 Å². The maximum Gasteiger partial charge on any atom is 0.417 e. The number of para-hydroxylation sites is 1. The Morgan fingerprint density at radius 2 is 1.77 bits per heavy atom. The molecule has 0 saturated carbocycles. The van der Waals surface area contributed by atoms with Gasteiger partial charge in [-0.3, -0.25) is 4.79 Å². The van der Waals surface area contributed by atoms with Crippen LogP contribution in [0.4, 0.5) is 18.9 Å². The summed E-state index contributed by atoms with van der Waals surface area (Å²) in [4.78, 5) is 14.0. The number of benzene rings is 2. The minimum atomic E-state index is -4.49. The number of halogens is 3. The van der Waals surface area contributed by atoms with Crippen LogP contribution in [0.2, 0.25) is 0 Å². The minimum Gasteiger partial charge on any atom is -0.302 e. The maximum atomic E-state index is 13.0. The summed E-state index contributed by atoms with van der Waals surface area (Å²) in [5, 5.41) is 7.62. The molecule has 1 heterocycles. The fourth-order valence-corrected chi connectivity index (χ4v) is 2.69. The topological polar surface area (TPSA) is 45.0 Å². The minimum absolute atomic E-state index is 0.0863. The number of anilines is 1. The number of hydrogen-bond acceptors (Lipinski definition) is 3. The normalized spacial score (nSPS) is 15.7. The molecule has 4 nitrogen and oxygen atoms in total. The Kier molecular flexibility index (Phi) is 4.71. The Labute approximate surface area is 148 Å². The molecule has 0 spiro atoms. The van der Waals surface area contributed by atoms with Crippen LogP contribution in [0.15, 0.2) is 71.4 Å². The molecule has 1 aliphatic heterocycles. The number of amides is 1. The molecule has 0 N–H and O–H groups in total. The zero-order chi connectivity index (χ0) is 18.7. The van der Waals surface area contributed by atoms with E-state index in [1.165, 1.54) is 23.1 Å². The lowest BCUT2D eigenvalue weighted by Gasteiger charge is -2.13. The Hall–Kier alpha value is -3.22. The fraction of sp³-hybridized carbons (Fsp3) is 0.105. The molecule has 1 aliphatic rings. The highest BCUT2D eigenvalue weighted by atomic mass is 19.4. The van der Waals surface area contributed by atoms with E-state index in [1.54, 1.807) is 30.3 Å². The van der Waals surface area contributed by atoms with E-state index < -0.39 is 11.7 Å². The summed E-state index contributed by atoms with van der Waals surface area (Å²) >= 11 is 0. The van der Waals surface area contributed by atoms with Crippen molar-refractivity contribution in [3.63, 3.8) is 0 Å². The molecule has 0 saturated heterocycles. The molecule has 3 rings (SSSR count). The van der Waals surface area contributed by atoms with Gasteiger partial charge in [0.1, 0.15) is 0 Å². The third-order valence-corrected chi connectivity index (χ3v) is 3.83. The van der Waals surface area contributed by atoms with Crippen LogP contribution in [-0.2, 0) is 11.0 Å². The van der Waals surface area contributed by atoms with Crippen LogP contribution >= 0.6 is 0 Å². The van der Waals surface area contributed by atoms with Gasteiger partial charge in [-0.2, -0.15) is 18.3 Å². The number of fused-ring (bicyclic) bond motifs is 1. The predicted octanol–water partition coefficient (Wildman–Crippen LogP) is 4.06. The number of carbonyl (C=O) groups is 1. The van der Waals surface area contributed by atoms with Crippen LogP contribution in [-0.4, -0.2) is 24.4 Å². The van der Waals surface area contributed by atoms with E-state index in [-0.39, 0.29) is 17.2 Å². The van der Waals surface area contributed by atoms with Gasteiger partial charge in [0, 0.05) is 17.7 Å². The summed E-state index contributed by atoms with van der Waals surface area (Å²) in [6.45, 7) is 3.92. The maximum absolute atomic E-state index is 13.0. The van der Waals surface area contributed by atoms with Gasteiger partial charge < -0.3 is 4.90 Å². The highest BCUT2D eigenvalue weighted by Crippen LogP contribution is 2.31. The SMILES string of the molecule is C=CCN1C(=O)/C(=N/N=C\c2ccccc2C(F)(F)F)c2ccccc21. The first-order valence-corrected chi connectivity index (χ1v) is 7.73. The van der Waals surface area contributed by atoms with E-state index in [1.807, 2.05) is 0 Å². The van der Waals surface area contributed by atoms with Crippen molar-refractivity contribution in [3.05, 3.63) is 77.9 Å². The van der Waals surface area contributed by atoms with Crippen LogP contribution in [0.25, 0.3) is 0 Å². The molecule has 26 heavy (non-hydrogen) atoms. The molecule has 7 heteroatoms. The van der Waals surface area contributed by atoms with E-state index in [2.05, 4.69) is 16.8 Å². The van der Waals surface area contributed by atoms with Gasteiger partial charge in [-0.25, -0.2) is 0 Å². The van der Waals surface area contributed by atoms with E-state index in [4.69, 9.17) is 0 Å². The molecule has 0 aliphatic carbocycles. The molecule has 2 aromatic carbocycles. The summed E-state index contributed by atoms with van der Waals surface area (Å²) in [5.74, 6) is -0.368. The van der Waals surface area contributed by atoms with Gasteiger partial charge in [0.05, 0.1) is 17.5 Å². The van der Waals surface area contributed by atoms with Crippen LogP contribution in [0.1, 0.15) is 16.7 Å². The van der Waals surface area contributed by atoms with Crippen LogP contribution in [0.5, 0.6) is 0 Å². The molecule has 132 valence electrons. The zero-order valence-electron chi connectivity index (χ0n) is 13.6. The third-order valence-electron chi connectivity index (χ3n) is 3.83. The van der Waals surface area contributed by atoms with E-state index in [9.17, 15) is 18.0 Å². The fourth-order valence-electron chi connectivity index (χ4n) is 2.69. The van der Waals surface area contributed by atoms with E-state index in [0.29, 0.717) is 17.8 Å². The average molecular weight is 357 g/mol. The first-order chi connectivity index (χ1) is 12.4. The second kappa shape index (κ2) is 6.95. The van der Waals surface area contributed by atoms with Gasteiger partial charge in [-0.05, 0) is 12.1 Å². The lowest BCUT2D eigenvalue weighted by Crippen LogP contribution is -2.30. The second-order valence-corrected chi connectivity index (χ2v) is 5.50. The molecular formula is C19H14F3N3O. The smallest absolute Gasteiger partial charge is 0.302 e. The standard InChI is InChI=1S/C19H14F3N3O/c1-2-11-25-16-10-6-4-8-14(16)17(18(25)26)24-23-12-13-7-3-5-9-15(13)19(20,21)22/h2-10,12H,1,11H2/b23-12-,24-17+. The molecule has 0 unspecified atom stereocenters. The Morgan fingerprint density at radius 3 is 2.50 bits per heavy atom. The van der Waals surface area contributed by atoms with Gasteiger partial charge in [0.15, 0.2) is 5.71 Å². The highest BCUT2D eigenvalue weighted by molar-refractivity contribution is 6.54. The Bertz CT molecular complexity index is 916. The lowest BCUT2D eigenvalue weighted by atomic mass is 10.1. The summed E-state index contributed by atoms with van der Waals surface area (Å²) in [6.07, 6.45) is -1.91. The summed E-state index contributed by atoms with van der Waals surface area (Å²) in [7, 11) is 0. The van der Waals surface area contributed by atoms with Crippen molar-refractivity contribution in [2.24, 2.45) is 10.2 Å². The Morgan fingerprint density at radius 1 is 1.08 bits per heavy atom. The lowest BCUT2D eigenvalue weighted by molar-refractivity contribution is -0.137. The molecule has 0 aromatic heterocycles. The van der Waals surface area contributed by atoms with Gasteiger partial charge >= 0.3 is 6.18 Å². The van der Waals surface area contributed by atoms with E-state index in [0.717, 1.165) is 12.3 Å². The second-order valence-electron chi connectivity index (χ2n) is 5.50. The van der Waals surface area contributed by atoms with Gasteiger partial charge in [-0.15, -0.1) is 11.7 Å². The predicted molar refractivity (Wildman–Crippen MR) is 94.6 cm³/mol. The van der Waals surface area contributed by atoms with Gasteiger partial charge in [0.25, 0.3) is 5.91 Å². The van der Waals surface area contributed by atoms with Crippen molar-refractivity contribution in [1.82, 2.24) is 0 Å². The Balaban J connectivity index is 1.96. The number of alkyl halides is 3. The van der Waals surface area contributed by atoms with Gasteiger partial charge in [-0.1, -0.05) is 42.5 Å².